The van der Waals surface area contributed by atoms with Gasteiger partial charge in [-0.15, -0.1) is 0 Å². The Bertz CT molecular complexity index is 710. The molecular formula is C15H19N5O. The van der Waals surface area contributed by atoms with E-state index >= 15 is 0 Å². The summed E-state index contributed by atoms with van der Waals surface area (Å²) in [5.41, 5.74) is 7.56. The van der Waals surface area contributed by atoms with Gasteiger partial charge in [0.2, 0.25) is 5.89 Å². The number of hydrogen-bond donors (Lipinski definition) is 2. The van der Waals surface area contributed by atoms with Gasteiger partial charge in [0.25, 0.3) is 0 Å². The van der Waals surface area contributed by atoms with E-state index in [0.717, 1.165) is 29.7 Å². The van der Waals surface area contributed by atoms with Crippen LogP contribution in [-0.2, 0) is 12.0 Å². The number of para-hydroxylation sites is 2. The molecule has 6 nitrogen and oxygen atoms in total. The standard InChI is InChI=1S/C15H19N5O/c1-3-8-15(2,16)14-19-13(20-21-14)9-12-17-10-6-4-5-7-11(10)18-12/h4-7H,3,8-9,16H2,1-2H3,(H,17,18). The molecule has 0 aliphatic carbocycles. The summed E-state index contributed by atoms with van der Waals surface area (Å²) < 4.78 is 5.30. The molecule has 2 heterocycles. The van der Waals surface area contributed by atoms with Gasteiger partial charge in [0.1, 0.15) is 5.82 Å². The van der Waals surface area contributed by atoms with E-state index in [0.29, 0.717) is 18.1 Å². The summed E-state index contributed by atoms with van der Waals surface area (Å²) in [6, 6.07) is 7.90. The zero-order chi connectivity index (χ0) is 14.9. The Morgan fingerprint density at radius 3 is 2.86 bits per heavy atom. The fraction of sp³-hybridized carbons (Fsp3) is 0.400. The summed E-state index contributed by atoms with van der Waals surface area (Å²) in [6.45, 7) is 3.99. The SMILES string of the molecule is CCCC(C)(N)c1nc(Cc2nc3ccccc3[nH]2)no1. The first-order valence-electron chi connectivity index (χ1n) is 7.14. The smallest absolute Gasteiger partial charge is 0.246 e. The largest absolute Gasteiger partial charge is 0.342 e. The van der Waals surface area contributed by atoms with E-state index in [2.05, 4.69) is 27.0 Å². The van der Waals surface area contributed by atoms with E-state index in [4.69, 9.17) is 10.3 Å². The highest BCUT2D eigenvalue weighted by molar-refractivity contribution is 5.74. The van der Waals surface area contributed by atoms with Crippen LogP contribution in [0.4, 0.5) is 0 Å². The predicted octanol–water partition coefficient (Wildman–Crippen LogP) is 2.51. The number of aromatic nitrogens is 4. The fourth-order valence-corrected chi connectivity index (χ4v) is 2.42. The Hall–Kier alpha value is -2.21. The highest BCUT2D eigenvalue weighted by Crippen LogP contribution is 2.21. The van der Waals surface area contributed by atoms with Gasteiger partial charge in [0.05, 0.1) is 23.0 Å². The molecule has 2 aromatic heterocycles. The van der Waals surface area contributed by atoms with Gasteiger partial charge in [-0.05, 0) is 25.5 Å². The third-order valence-corrected chi connectivity index (χ3v) is 3.49. The van der Waals surface area contributed by atoms with Crippen LogP contribution < -0.4 is 5.73 Å². The monoisotopic (exact) mass is 285 g/mol. The molecule has 0 radical (unpaired) electrons. The lowest BCUT2D eigenvalue weighted by Crippen LogP contribution is -2.33. The number of nitrogens with zero attached hydrogens (tertiary/aromatic N) is 3. The van der Waals surface area contributed by atoms with Crippen LogP contribution in [0.3, 0.4) is 0 Å². The Morgan fingerprint density at radius 1 is 1.29 bits per heavy atom. The maximum Gasteiger partial charge on any atom is 0.246 e. The van der Waals surface area contributed by atoms with E-state index in [1.54, 1.807) is 0 Å². The first-order valence-corrected chi connectivity index (χ1v) is 7.14. The van der Waals surface area contributed by atoms with Crippen LogP contribution in [0, 0.1) is 0 Å². The molecule has 1 atom stereocenters. The predicted molar refractivity (Wildman–Crippen MR) is 79.6 cm³/mol. The molecule has 3 N–H and O–H groups in total. The van der Waals surface area contributed by atoms with Crippen molar-refractivity contribution in [3.63, 3.8) is 0 Å². The van der Waals surface area contributed by atoms with Crippen molar-refractivity contribution in [2.24, 2.45) is 5.73 Å². The number of benzene rings is 1. The van der Waals surface area contributed by atoms with Gasteiger partial charge in [0.15, 0.2) is 5.82 Å². The van der Waals surface area contributed by atoms with Crippen molar-refractivity contribution in [3.05, 3.63) is 41.8 Å². The zero-order valence-corrected chi connectivity index (χ0v) is 12.3. The van der Waals surface area contributed by atoms with Crippen molar-refractivity contribution in [2.75, 3.05) is 0 Å². The van der Waals surface area contributed by atoms with Gasteiger partial charge in [-0.2, -0.15) is 4.98 Å². The van der Waals surface area contributed by atoms with Gasteiger partial charge < -0.3 is 15.2 Å². The summed E-state index contributed by atoms with van der Waals surface area (Å²) in [6.07, 6.45) is 2.27. The van der Waals surface area contributed by atoms with Crippen LogP contribution in [0.2, 0.25) is 0 Å². The molecule has 0 spiro atoms. The van der Waals surface area contributed by atoms with Crippen molar-refractivity contribution >= 4 is 11.0 Å². The lowest BCUT2D eigenvalue weighted by atomic mass is 9.98. The molecule has 1 unspecified atom stereocenters. The number of imidazole rings is 1. The number of hydrogen-bond acceptors (Lipinski definition) is 5. The second-order valence-electron chi connectivity index (χ2n) is 5.56. The fourth-order valence-electron chi connectivity index (χ4n) is 2.42. The van der Waals surface area contributed by atoms with Crippen molar-refractivity contribution in [2.45, 2.75) is 38.6 Å². The molecule has 6 heteroatoms. The highest BCUT2D eigenvalue weighted by Gasteiger charge is 2.27. The number of fused-ring (bicyclic) bond motifs is 1. The Kier molecular flexibility index (Phi) is 3.47. The molecule has 1 aromatic carbocycles. The minimum absolute atomic E-state index is 0.482. The number of nitrogens with two attached hydrogens (primary N) is 1. The zero-order valence-electron chi connectivity index (χ0n) is 12.3. The number of H-pyrrole nitrogens is 1. The molecule has 0 saturated heterocycles. The summed E-state index contributed by atoms with van der Waals surface area (Å²) in [5, 5.41) is 4.00. The Morgan fingerprint density at radius 2 is 2.10 bits per heavy atom. The van der Waals surface area contributed by atoms with E-state index in [1.807, 2.05) is 31.2 Å². The molecule has 0 fully saturated rings. The molecule has 0 bridgehead atoms. The second kappa shape index (κ2) is 5.29. The maximum absolute atomic E-state index is 6.20. The Balaban J connectivity index is 1.81. The minimum atomic E-state index is -0.576. The molecule has 3 aromatic rings. The molecule has 21 heavy (non-hydrogen) atoms. The summed E-state index contributed by atoms with van der Waals surface area (Å²) >= 11 is 0. The van der Waals surface area contributed by atoms with Gasteiger partial charge >= 0.3 is 0 Å². The van der Waals surface area contributed by atoms with Crippen molar-refractivity contribution in [1.29, 1.82) is 0 Å². The summed E-state index contributed by atoms with van der Waals surface area (Å²) in [5.74, 6) is 1.89. The summed E-state index contributed by atoms with van der Waals surface area (Å²) in [7, 11) is 0. The third-order valence-electron chi connectivity index (χ3n) is 3.49. The van der Waals surface area contributed by atoms with Gasteiger partial charge in [-0.25, -0.2) is 4.98 Å². The van der Waals surface area contributed by atoms with Crippen LogP contribution in [0.15, 0.2) is 28.8 Å². The van der Waals surface area contributed by atoms with Crippen LogP contribution in [0.1, 0.15) is 44.2 Å². The molecule has 3 rings (SSSR count). The van der Waals surface area contributed by atoms with Crippen LogP contribution in [-0.4, -0.2) is 20.1 Å². The topological polar surface area (TPSA) is 93.6 Å². The number of rotatable bonds is 5. The summed E-state index contributed by atoms with van der Waals surface area (Å²) in [4.78, 5) is 12.2. The van der Waals surface area contributed by atoms with Crippen LogP contribution in [0.5, 0.6) is 0 Å². The molecule has 0 aliphatic heterocycles. The van der Waals surface area contributed by atoms with Crippen molar-refractivity contribution in [3.8, 4) is 0 Å². The minimum Gasteiger partial charge on any atom is -0.342 e. The molecule has 0 saturated carbocycles. The highest BCUT2D eigenvalue weighted by atomic mass is 16.5. The maximum atomic E-state index is 6.20. The quantitative estimate of drug-likeness (QED) is 0.751. The van der Waals surface area contributed by atoms with Gasteiger partial charge in [-0.1, -0.05) is 30.6 Å². The van der Waals surface area contributed by atoms with Crippen molar-refractivity contribution < 1.29 is 4.52 Å². The third kappa shape index (κ3) is 2.80. The average molecular weight is 285 g/mol. The van der Waals surface area contributed by atoms with E-state index in [-0.39, 0.29) is 0 Å². The molecule has 0 aliphatic rings. The van der Waals surface area contributed by atoms with E-state index in [1.165, 1.54) is 0 Å². The number of nitrogens with one attached hydrogen (secondary N) is 1. The average Bonchev–Trinajstić information content (AvgIpc) is 3.05. The number of aromatic amines is 1. The van der Waals surface area contributed by atoms with Crippen LogP contribution >= 0.6 is 0 Å². The molecular weight excluding hydrogens is 266 g/mol. The Labute approximate surface area is 122 Å². The second-order valence-corrected chi connectivity index (χ2v) is 5.56. The lowest BCUT2D eigenvalue weighted by Gasteiger charge is -2.18. The van der Waals surface area contributed by atoms with Gasteiger partial charge in [-0.3, -0.25) is 0 Å². The first kappa shape index (κ1) is 13.8. The van der Waals surface area contributed by atoms with Gasteiger partial charge in [0, 0.05) is 0 Å². The lowest BCUT2D eigenvalue weighted by molar-refractivity contribution is 0.282. The van der Waals surface area contributed by atoms with E-state index in [9.17, 15) is 0 Å². The van der Waals surface area contributed by atoms with Crippen molar-refractivity contribution in [1.82, 2.24) is 20.1 Å². The van der Waals surface area contributed by atoms with Crippen LogP contribution in [0.25, 0.3) is 11.0 Å². The molecule has 0 amide bonds. The molecule has 110 valence electrons. The normalized spacial score (nSPS) is 14.4. The van der Waals surface area contributed by atoms with E-state index < -0.39 is 5.54 Å². The first-order chi connectivity index (χ1) is 10.1.